The van der Waals surface area contributed by atoms with Gasteiger partial charge in [-0.15, -0.1) is 0 Å². The zero-order valence-corrected chi connectivity index (χ0v) is 15.1. The van der Waals surface area contributed by atoms with E-state index in [-0.39, 0.29) is 11.4 Å². The molecule has 2 aromatic carbocycles. The summed E-state index contributed by atoms with van der Waals surface area (Å²) in [4.78, 5) is 23.3. The smallest absolute Gasteiger partial charge is 0.296 e. The number of hydrogen-bond donors (Lipinski definition) is 1. The molecule has 0 bridgehead atoms. The molecule has 1 N–H and O–H groups in total. The number of hydrogen-bond acceptors (Lipinski definition) is 6. The van der Waals surface area contributed by atoms with E-state index in [1.807, 2.05) is 19.1 Å². The number of rotatable bonds is 5. The quantitative estimate of drug-likeness (QED) is 0.637. The van der Waals surface area contributed by atoms with Crippen LogP contribution in [-0.2, 0) is 4.79 Å². The van der Waals surface area contributed by atoms with Gasteiger partial charge in [-0.25, -0.2) is 0 Å². The predicted molar refractivity (Wildman–Crippen MR) is 98.6 cm³/mol. The van der Waals surface area contributed by atoms with Crippen LogP contribution in [0.5, 0.6) is 17.2 Å². The number of nitro benzene ring substituents is 1. The van der Waals surface area contributed by atoms with Crippen LogP contribution in [0.3, 0.4) is 0 Å². The summed E-state index contributed by atoms with van der Waals surface area (Å²) >= 11 is 0. The molecule has 1 amide bonds. The van der Waals surface area contributed by atoms with Crippen molar-refractivity contribution in [2.75, 3.05) is 18.5 Å². The van der Waals surface area contributed by atoms with E-state index >= 15 is 0 Å². The number of aryl methyl sites for hydroxylation is 1. The van der Waals surface area contributed by atoms with Crippen molar-refractivity contribution in [3.05, 3.63) is 52.1 Å². The van der Waals surface area contributed by atoms with Gasteiger partial charge in [-0.3, -0.25) is 14.9 Å². The molecule has 1 heterocycles. The average Bonchev–Trinajstić information content (AvgIpc) is 2.85. The van der Waals surface area contributed by atoms with Crippen LogP contribution in [0.1, 0.15) is 18.9 Å². The first-order valence-electron chi connectivity index (χ1n) is 8.56. The van der Waals surface area contributed by atoms with Gasteiger partial charge < -0.3 is 19.5 Å². The van der Waals surface area contributed by atoms with Crippen LogP contribution in [-0.4, -0.2) is 30.1 Å². The Bertz CT molecular complexity index is 867. The molecule has 0 aromatic heterocycles. The van der Waals surface area contributed by atoms with Gasteiger partial charge in [0.2, 0.25) is 0 Å². The molecule has 8 heteroatoms. The van der Waals surface area contributed by atoms with Crippen LogP contribution in [0.4, 0.5) is 11.4 Å². The number of anilines is 1. The summed E-state index contributed by atoms with van der Waals surface area (Å²) in [7, 11) is 0. The predicted octanol–water partition coefficient (Wildman–Crippen LogP) is 3.47. The highest BCUT2D eigenvalue weighted by Gasteiger charge is 2.25. The first-order valence-corrected chi connectivity index (χ1v) is 8.56. The highest BCUT2D eigenvalue weighted by Crippen LogP contribution is 2.39. The molecule has 0 spiro atoms. The maximum atomic E-state index is 12.5. The van der Waals surface area contributed by atoms with Gasteiger partial charge in [0.05, 0.1) is 24.2 Å². The Balaban J connectivity index is 1.79. The average molecular weight is 372 g/mol. The molecule has 1 atom stereocenters. The lowest BCUT2D eigenvalue weighted by Crippen LogP contribution is -2.30. The number of carbonyl (C=O) groups excluding carboxylic acids is 1. The fraction of sp³-hybridized carbons (Fsp3) is 0.316. The number of benzene rings is 2. The molecule has 1 aliphatic heterocycles. The van der Waals surface area contributed by atoms with Gasteiger partial charge in [0.1, 0.15) is 11.4 Å². The lowest BCUT2D eigenvalue weighted by Gasteiger charge is -2.16. The molecule has 0 unspecified atom stereocenters. The molecule has 142 valence electrons. The minimum atomic E-state index is -0.845. The zero-order chi connectivity index (χ0) is 19.4. The number of ether oxygens (including phenoxy) is 3. The van der Waals surface area contributed by atoms with Gasteiger partial charge in [-0.05, 0) is 31.5 Å². The molecular weight excluding hydrogens is 352 g/mol. The molecule has 8 nitrogen and oxygen atoms in total. The molecule has 27 heavy (non-hydrogen) atoms. The van der Waals surface area contributed by atoms with E-state index < -0.39 is 16.9 Å². The molecule has 2 aromatic rings. The van der Waals surface area contributed by atoms with Crippen molar-refractivity contribution in [1.29, 1.82) is 0 Å². The highest BCUT2D eigenvalue weighted by atomic mass is 16.6. The molecule has 0 saturated heterocycles. The molecule has 0 radical (unpaired) electrons. The maximum Gasteiger partial charge on any atom is 0.296 e. The molecule has 3 rings (SSSR count). The van der Waals surface area contributed by atoms with Gasteiger partial charge in [0, 0.05) is 12.5 Å². The second-order valence-electron chi connectivity index (χ2n) is 6.19. The molecule has 0 saturated carbocycles. The zero-order valence-electron chi connectivity index (χ0n) is 15.1. The number of amides is 1. The molecule has 0 fully saturated rings. The van der Waals surface area contributed by atoms with Gasteiger partial charge in [-0.2, -0.15) is 0 Å². The van der Waals surface area contributed by atoms with Crippen molar-refractivity contribution in [2.24, 2.45) is 0 Å². The van der Waals surface area contributed by atoms with Crippen LogP contribution in [0, 0.1) is 17.0 Å². The van der Waals surface area contributed by atoms with Crippen LogP contribution < -0.4 is 19.5 Å². The second kappa shape index (κ2) is 7.94. The number of fused-ring (bicyclic) bond motifs is 1. The number of nitro groups is 1. The van der Waals surface area contributed by atoms with Crippen LogP contribution >= 0.6 is 0 Å². The third kappa shape index (κ3) is 4.46. The Morgan fingerprint density at radius 3 is 2.59 bits per heavy atom. The molecular formula is C19H20N2O6. The first-order chi connectivity index (χ1) is 12.9. The number of carbonyl (C=O) groups is 1. The second-order valence-corrected chi connectivity index (χ2v) is 6.19. The van der Waals surface area contributed by atoms with Crippen LogP contribution in [0.15, 0.2) is 36.4 Å². The van der Waals surface area contributed by atoms with Gasteiger partial charge in [0.15, 0.2) is 17.6 Å². The third-order valence-electron chi connectivity index (χ3n) is 3.99. The van der Waals surface area contributed by atoms with E-state index in [2.05, 4.69) is 5.32 Å². The SMILES string of the molecule is Cc1cccc(O[C@H](C)C(=O)Nc2cc3c(cc2[N+](=O)[O-])OCCCO3)c1. The summed E-state index contributed by atoms with van der Waals surface area (Å²) < 4.78 is 16.6. The Morgan fingerprint density at radius 1 is 1.22 bits per heavy atom. The number of nitrogens with one attached hydrogen (secondary N) is 1. The van der Waals surface area contributed by atoms with Crippen molar-refractivity contribution in [2.45, 2.75) is 26.4 Å². The lowest BCUT2D eigenvalue weighted by molar-refractivity contribution is -0.384. The monoisotopic (exact) mass is 372 g/mol. The first kappa shape index (κ1) is 18.5. The van der Waals surface area contributed by atoms with Crippen molar-refractivity contribution >= 4 is 17.3 Å². The topological polar surface area (TPSA) is 99.9 Å². The summed E-state index contributed by atoms with van der Waals surface area (Å²) in [6.45, 7) is 4.34. The maximum absolute atomic E-state index is 12.5. The van der Waals surface area contributed by atoms with Crippen molar-refractivity contribution in [1.82, 2.24) is 0 Å². The minimum absolute atomic E-state index is 0.0361. The largest absolute Gasteiger partial charge is 0.489 e. The summed E-state index contributed by atoms with van der Waals surface area (Å²) in [5, 5.41) is 14.0. The van der Waals surface area contributed by atoms with E-state index in [1.54, 1.807) is 19.1 Å². The summed E-state index contributed by atoms with van der Waals surface area (Å²) in [6, 6.07) is 9.97. The summed E-state index contributed by atoms with van der Waals surface area (Å²) in [5.41, 5.74) is 0.767. The standard InChI is InChI=1S/C19H20N2O6/c1-12-5-3-6-14(9-12)27-13(2)19(22)20-15-10-17-18(11-16(15)21(23)24)26-8-4-7-25-17/h3,5-6,9-11,13H,4,7-8H2,1-2H3,(H,20,22)/t13-/m1/s1. The molecule has 0 aliphatic carbocycles. The Hall–Kier alpha value is -3.29. The van der Waals surface area contributed by atoms with E-state index in [9.17, 15) is 14.9 Å². The molecule has 1 aliphatic rings. The normalized spacial score (nSPS) is 14.0. The van der Waals surface area contributed by atoms with Gasteiger partial charge >= 0.3 is 0 Å². The lowest BCUT2D eigenvalue weighted by atomic mass is 10.2. The van der Waals surface area contributed by atoms with Gasteiger partial charge in [0.25, 0.3) is 11.6 Å². The van der Waals surface area contributed by atoms with Crippen molar-refractivity contribution in [3.8, 4) is 17.2 Å². The van der Waals surface area contributed by atoms with E-state index in [0.29, 0.717) is 36.9 Å². The van der Waals surface area contributed by atoms with Gasteiger partial charge in [-0.1, -0.05) is 12.1 Å². The van der Waals surface area contributed by atoms with E-state index in [0.717, 1.165) is 5.56 Å². The fourth-order valence-corrected chi connectivity index (χ4v) is 2.63. The number of nitrogens with zero attached hydrogens (tertiary/aromatic N) is 1. The van der Waals surface area contributed by atoms with E-state index in [1.165, 1.54) is 12.1 Å². The van der Waals surface area contributed by atoms with Crippen LogP contribution in [0.2, 0.25) is 0 Å². The Morgan fingerprint density at radius 2 is 1.93 bits per heavy atom. The van der Waals surface area contributed by atoms with Crippen LogP contribution in [0.25, 0.3) is 0 Å². The highest BCUT2D eigenvalue weighted by molar-refractivity contribution is 5.96. The minimum Gasteiger partial charge on any atom is -0.489 e. The van der Waals surface area contributed by atoms with E-state index in [4.69, 9.17) is 14.2 Å². The Kier molecular flexibility index (Phi) is 5.44. The third-order valence-corrected chi connectivity index (χ3v) is 3.99. The summed E-state index contributed by atoms with van der Waals surface area (Å²) in [6.07, 6.45) is -0.173. The Labute approximate surface area is 156 Å². The van der Waals surface area contributed by atoms with Crippen molar-refractivity contribution < 1.29 is 23.9 Å². The summed E-state index contributed by atoms with van der Waals surface area (Å²) in [5.74, 6) is 0.696. The fourth-order valence-electron chi connectivity index (χ4n) is 2.63. The van der Waals surface area contributed by atoms with Crippen molar-refractivity contribution in [3.63, 3.8) is 0 Å².